The van der Waals surface area contributed by atoms with Crippen LogP contribution in [0.2, 0.25) is 0 Å². The van der Waals surface area contributed by atoms with Crippen molar-refractivity contribution in [3.05, 3.63) is 25.3 Å². The number of hydrogen-bond donors (Lipinski definition) is 0. The number of rotatable bonds is 10. The van der Waals surface area contributed by atoms with Crippen molar-refractivity contribution >= 4 is 25.5 Å². The zero-order chi connectivity index (χ0) is 21.2. The first-order valence-corrected chi connectivity index (χ1v) is 13.1. The van der Waals surface area contributed by atoms with Gasteiger partial charge in [0, 0.05) is 24.2 Å². The molecule has 0 aromatic rings. The summed E-state index contributed by atoms with van der Waals surface area (Å²) in [6.07, 6.45) is 4.33. The van der Waals surface area contributed by atoms with E-state index in [1.165, 1.54) is 0 Å². The molecular weight excluding hydrogens is 400 g/mol. The van der Waals surface area contributed by atoms with Crippen molar-refractivity contribution in [1.82, 2.24) is 9.80 Å². The highest BCUT2D eigenvalue weighted by atomic mass is 32.2. The van der Waals surface area contributed by atoms with Gasteiger partial charge in [0.1, 0.15) is 0 Å². The van der Waals surface area contributed by atoms with E-state index in [0.29, 0.717) is 25.9 Å². The minimum atomic E-state index is -3.10. The fourth-order valence-corrected chi connectivity index (χ4v) is 8.56. The fraction of sp³-hybridized carbons (Fsp3) is 0.737. The summed E-state index contributed by atoms with van der Waals surface area (Å²) in [6, 6.07) is 0. The molecule has 0 aromatic carbocycles. The first-order valence-electron chi connectivity index (χ1n) is 9.49. The SMILES string of the molecule is C=CCN(CC(=O)CN(CC=C)[C@]1(C)CCS(=O)(=O)C1)[C@@]1(C)CCS(=O)(=O)C1. The maximum atomic E-state index is 12.9. The Morgan fingerprint density at radius 2 is 1.21 bits per heavy atom. The summed E-state index contributed by atoms with van der Waals surface area (Å²) in [4.78, 5) is 16.6. The van der Waals surface area contributed by atoms with Crippen LogP contribution < -0.4 is 0 Å². The van der Waals surface area contributed by atoms with Crippen molar-refractivity contribution in [3.63, 3.8) is 0 Å². The van der Waals surface area contributed by atoms with Gasteiger partial charge in [-0.15, -0.1) is 13.2 Å². The first kappa shape index (κ1) is 23.3. The van der Waals surface area contributed by atoms with Gasteiger partial charge in [-0.2, -0.15) is 0 Å². The molecule has 2 fully saturated rings. The number of ketones is 1. The highest BCUT2D eigenvalue weighted by molar-refractivity contribution is 7.92. The quantitative estimate of drug-likeness (QED) is 0.469. The summed E-state index contributed by atoms with van der Waals surface area (Å²) in [5, 5.41) is 0. The second-order valence-electron chi connectivity index (χ2n) is 8.56. The molecule has 0 unspecified atom stereocenters. The van der Waals surface area contributed by atoms with E-state index in [4.69, 9.17) is 0 Å². The zero-order valence-corrected chi connectivity index (χ0v) is 18.5. The van der Waals surface area contributed by atoms with E-state index in [1.54, 1.807) is 12.2 Å². The average Bonchev–Trinajstić information content (AvgIpc) is 3.02. The summed E-state index contributed by atoms with van der Waals surface area (Å²) in [7, 11) is -6.20. The Morgan fingerprint density at radius 1 is 0.857 bits per heavy atom. The summed E-state index contributed by atoms with van der Waals surface area (Å²) < 4.78 is 47.9. The van der Waals surface area contributed by atoms with Gasteiger partial charge >= 0.3 is 0 Å². The van der Waals surface area contributed by atoms with Crippen molar-refractivity contribution < 1.29 is 21.6 Å². The highest BCUT2D eigenvalue weighted by Gasteiger charge is 2.45. The Balaban J connectivity index is 2.12. The van der Waals surface area contributed by atoms with E-state index in [-0.39, 0.29) is 41.9 Å². The van der Waals surface area contributed by atoms with Gasteiger partial charge in [-0.1, -0.05) is 12.2 Å². The molecule has 0 amide bonds. The Bertz CT molecular complexity index is 768. The fourth-order valence-electron chi connectivity index (χ4n) is 4.22. The van der Waals surface area contributed by atoms with Gasteiger partial charge < -0.3 is 0 Å². The molecule has 2 rings (SSSR count). The molecule has 7 nitrogen and oxygen atoms in total. The predicted octanol–water partition coefficient (Wildman–Crippen LogP) is 0.686. The lowest BCUT2D eigenvalue weighted by Crippen LogP contribution is -2.54. The Morgan fingerprint density at radius 3 is 1.46 bits per heavy atom. The summed E-state index contributed by atoms with van der Waals surface area (Å²) in [5.74, 6) is 0.258. The third-order valence-corrected chi connectivity index (χ3v) is 9.70. The monoisotopic (exact) mass is 432 g/mol. The second-order valence-corrected chi connectivity index (χ2v) is 12.9. The molecule has 0 saturated carbocycles. The van der Waals surface area contributed by atoms with Crippen molar-refractivity contribution in [2.45, 2.75) is 37.8 Å². The average molecular weight is 433 g/mol. The van der Waals surface area contributed by atoms with Crippen LogP contribution in [0.15, 0.2) is 25.3 Å². The molecule has 2 atom stereocenters. The summed E-state index contributed by atoms with van der Waals surface area (Å²) in [5.41, 5.74) is -1.18. The summed E-state index contributed by atoms with van der Waals surface area (Å²) >= 11 is 0. The molecule has 0 aliphatic carbocycles. The largest absolute Gasteiger partial charge is 0.297 e. The van der Waals surface area contributed by atoms with Gasteiger partial charge in [-0.3, -0.25) is 14.6 Å². The van der Waals surface area contributed by atoms with Gasteiger partial charge in [0.25, 0.3) is 0 Å². The smallest absolute Gasteiger partial charge is 0.160 e. The lowest BCUT2D eigenvalue weighted by Gasteiger charge is -2.39. The van der Waals surface area contributed by atoms with Crippen LogP contribution in [0.1, 0.15) is 26.7 Å². The van der Waals surface area contributed by atoms with Gasteiger partial charge in [-0.05, 0) is 26.7 Å². The predicted molar refractivity (Wildman–Crippen MR) is 112 cm³/mol. The second kappa shape index (κ2) is 8.38. The Labute approximate surface area is 169 Å². The van der Waals surface area contributed by atoms with E-state index in [9.17, 15) is 21.6 Å². The molecule has 0 radical (unpaired) electrons. The Hall–Kier alpha value is -1.03. The van der Waals surface area contributed by atoms with Crippen LogP contribution in [0.4, 0.5) is 0 Å². The van der Waals surface area contributed by atoms with Gasteiger partial charge in [-0.25, -0.2) is 16.8 Å². The highest BCUT2D eigenvalue weighted by Crippen LogP contribution is 2.31. The van der Waals surface area contributed by atoms with Crippen molar-refractivity contribution in [1.29, 1.82) is 0 Å². The molecule has 28 heavy (non-hydrogen) atoms. The maximum Gasteiger partial charge on any atom is 0.160 e. The molecular formula is C19H32N2O5S2. The molecule has 0 spiro atoms. The Kier molecular flexibility index (Phi) is 6.95. The number of nitrogens with zero attached hydrogens (tertiary/aromatic N) is 2. The zero-order valence-electron chi connectivity index (χ0n) is 16.9. The van der Waals surface area contributed by atoms with E-state index in [0.717, 1.165) is 0 Å². The van der Waals surface area contributed by atoms with Crippen LogP contribution in [0, 0.1) is 0 Å². The van der Waals surface area contributed by atoms with Crippen LogP contribution in [-0.4, -0.2) is 92.7 Å². The number of Topliss-reactive ketones (excluding diaryl/α,β-unsaturated/α-hetero) is 1. The minimum absolute atomic E-state index is 0.0352. The number of carbonyl (C=O) groups excluding carboxylic acids is 1. The third-order valence-electron chi connectivity index (χ3n) is 5.93. The van der Waals surface area contributed by atoms with Crippen LogP contribution >= 0.6 is 0 Å². The third kappa shape index (κ3) is 5.52. The van der Waals surface area contributed by atoms with Crippen LogP contribution in [0.3, 0.4) is 0 Å². The van der Waals surface area contributed by atoms with E-state index in [1.807, 2.05) is 23.6 Å². The van der Waals surface area contributed by atoms with Crippen molar-refractivity contribution in [2.24, 2.45) is 0 Å². The van der Waals surface area contributed by atoms with Crippen LogP contribution in [-0.2, 0) is 24.5 Å². The first-order chi connectivity index (χ1) is 12.8. The van der Waals surface area contributed by atoms with Crippen LogP contribution in [0.25, 0.3) is 0 Å². The molecule has 160 valence electrons. The van der Waals surface area contributed by atoms with E-state index in [2.05, 4.69) is 13.2 Å². The van der Waals surface area contributed by atoms with Crippen LogP contribution in [0.5, 0.6) is 0 Å². The van der Waals surface area contributed by atoms with Crippen molar-refractivity contribution in [2.75, 3.05) is 49.2 Å². The lowest BCUT2D eigenvalue weighted by molar-refractivity contribution is -0.123. The van der Waals surface area contributed by atoms with E-state index >= 15 is 0 Å². The lowest BCUT2D eigenvalue weighted by atomic mass is 9.97. The standard InChI is InChI=1S/C19H32N2O5S2/c1-5-9-20(18(3)7-11-27(23,24)15-18)13-17(22)14-21(10-6-2)19(4)8-12-28(25,26)16-19/h5-6H,1-2,7-16H2,3-4H3/t18-,19+. The maximum absolute atomic E-state index is 12.9. The van der Waals surface area contributed by atoms with Crippen molar-refractivity contribution in [3.8, 4) is 0 Å². The minimum Gasteiger partial charge on any atom is -0.297 e. The molecule has 2 aliphatic rings. The topological polar surface area (TPSA) is 91.8 Å². The molecule has 9 heteroatoms. The molecule has 0 bridgehead atoms. The number of carbonyl (C=O) groups is 1. The molecule has 2 heterocycles. The molecule has 0 N–H and O–H groups in total. The van der Waals surface area contributed by atoms with Gasteiger partial charge in [0.05, 0.1) is 36.1 Å². The molecule has 0 aromatic heterocycles. The van der Waals surface area contributed by atoms with Gasteiger partial charge in [0.15, 0.2) is 25.5 Å². The van der Waals surface area contributed by atoms with E-state index < -0.39 is 30.8 Å². The number of sulfone groups is 2. The molecule has 2 aliphatic heterocycles. The van der Waals surface area contributed by atoms with Gasteiger partial charge in [0.2, 0.25) is 0 Å². The molecule has 2 saturated heterocycles. The summed E-state index contributed by atoms with van der Waals surface area (Å²) in [6.45, 7) is 12.3. The normalized spacial score (nSPS) is 31.3. The number of hydrogen-bond acceptors (Lipinski definition) is 7.